The molecule has 1 aromatic carbocycles. The number of nitrogens with one attached hydrogen (secondary N) is 2. The van der Waals surface area contributed by atoms with Gasteiger partial charge in [0.25, 0.3) is 0 Å². The number of methoxy groups -OCH3 is 1. The van der Waals surface area contributed by atoms with Gasteiger partial charge < -0.3 is 25.4 Å². The summed E-state index contributed by atoms with van der Waals surface area (Å²) in [5, 5.41) is 15.2. The Morgan fingerprint density at radius 2 is 1.91 bits per heavy atom. The molecule has 0 spiro atoms. The number of rotatable bonds is 6. The molecule has 1 atom stereocenters. The number of aliphatic hydroxyl groups excluding tert-OH is 1. The number of carbonyl (C=O) groups excluding carboxylic acids is 2. The number of pyridine rings is 1. The maximum Gasteiger partial charge on any atom is 0.323 e. The number of anilines is 2. The Labute approximate surface area is 200 Å². The van der Waals surface area contributed by atoms with Gasteiger partial charge in [-0.05, 0) is 75.3 Å². The molecular weight excluding hydrogens is 432 g/mol. The molecule has 2 aliphatic rings. The van der Waals surface area contributed by atoms with Gasteiger partial charge in [0.2, 0.25) is 5.91 Å². The highest BCUT2D eigenvalue weighted by Crippen LogP contribution is 2.37. The third-order valence-corrected chi connectivity index (χ3v) is 7.01. The van der Waals surface area contributed by atoms with E-state index >= 15 is 0 Å². The predicted molar refractivity (Wildman–Crippen MR) is 131 cm³/mol. The number of aromatic nitrogens is 1. The zero-order valence-electron chi connectivity index (χ0n) is 19.9. The molecule has 2 fully saturated rings. The Hall–Kier alpha value is -3.13. The van der Waals surface area contributed by atoms with E-state index in [1.165, 1.54) is 0 Å². The Morgan fingerprint density at radius 3 is 2.59 bits per heavy atom. The van der Waals surface area contributed by atoms with Crippen molar-refractivity contribution in [3.8, 4) is 5.75 Å². The Balaban J connectivity index is 1.29. The van der Waals surface area contributed by atoms with E-state index in [1.807, 2.05) is 42.2 Å². The molecule has 3 amide bonds. The second kappa shape index (κ2) is 10.9. The van der Waals surface area contributed by atoms with Crippen molar-refractivity contribution < 1.29 is 19.4 Å². The molecule has 8 nitrogen and oxygen atoms in total. The van der Waals surface area contributed by atoms with Gasteiger partial charge in [0.05, 0.1) is 37.3 Å². The van der Waals surface area contributed by atoms with Crippen LogP contribution in [0.3, 0.4) is 0 Å². The molecule has 1 aromatic heterocycles. The molecule has 1 saturated heterocycles. The number of nitrogens with zero attached hydrogens (tertiary/aromatic N) is 2. The molecule has 8 heteroatoms. The van der Waals surface area contributed by atoms with Crippen LogP contribution in [-0.4, -0.2) is 53.2 Å². The average Bonchev–Trinajstić information content (AvgIpc) is 3.33. The van der Waals surface area contributed by atoms with E-state index in [1.54, 1.807) is 13.3 Å². The molecule has 3 N–H and O–H groups in total. The monoisotopic (exact) mass is 466 g/mol. The van der Waals surface area contributed by atoms with Crippen molar-refractivity contribution in [2.75, 3.05) is 30.9 Å². The molecular formula is C26H34N4O4. The third-order valence-electron chi connectivity index (χ3n) is 7.01. The fourth-order valence-corrected chi connectivity index (χ4v) is 5.11. The summed E-state index contributed by atoms with van der Waals surface area (Å²) in [6, 6.07) is 9.05. The lowest BCUT2D eigenvalue weighted by atomic mass is 9.79. The van der Waals surface area contributed by atoms with E-state index in [9.17, 15) is 14.7 Å². The molecule has 1 aliphatic carbocycles. The fraction of sp³-hybridized carbons (Fsp3) is 0.500. The lowest BCUT2D eigenvalue weighted by Gasteiger charge is -2.32. The molecule has 0 bridgehead atoms. The quantitative estimate of drug-likeness (QED) is 0.589. The molecule has 2 aromatic rings. The van der Waals surface area contributed by atoms with Gasteiger partial charge in [-0.15, -0.1) is 0 Å². The van der Waals surface area contributed by atoms with Crippen LogP contribution in [-0.2, 0) is 4.79 Å². The Bertz CT molecular complexity index is 1000. The number of ether oxygens (including phenoxy) is 1. The fourth-order valence-electron chi connectivity index (χ4n) is 5.11. The van der Waals surface area contributed by atoms with Crippen LogP contribution in [0.4, 0.5) is 16.2 Å². The first-order valence-corrected chi connectivity index (χ1v) is 12.1. The van der Waals surface area contributed by atoms with Crippen LogP contribution in [0.2, 0.25) is 0 Å². The second-order valence-electron chi connectivity index (χ2n) is 9.31. The lowest BCUT2D eigenvalue weighted by Crippen LogP contribution is -2.42. The van der Waals surface area contributed by atoms with Crippen molar-refractivity contribution in [2.45, 2.75) is 57.4 Å². The zero-order valence-corrected chi connectivity index (χ0v) is 19.9. The van der Waals surface area contributed by atoms with E-state index in [4.69, 9.17) is 4.74 Å². The summed E-state index contributed by atoms with van der Waals surface area (Å²) >= 11 is 0. The highest BCUT2D eigenvalue weighted by atomic mass is 16.5. The predicted octanol–water partition coefficient (Wildman–Crippen LogP) is 4.30. The molecule has 2 heterocycles. The first kappa shape index (κ1) is 24.0. The van der Waals surface area contributed by atoms with Crippen molar-refractivity contribution in [1.29, 1.82) is 0 Å². The van der Waals surface area contributed by atoms with Crippen molar-refractivity contribution in [2.24, 2.45) is 5.92 Å². The van der Waals surface area contributed by atoms with E-state index < -0.39 is 0 Å². The normalized spacial score (nSPS) is 22.3. The van der Waals surface area contributed by atoms with Gasteiger partial charge in [-0.2, -0.15) is 0 Å². The summed E-state index contributed by atoms with van der Waals surface area (Å²) in [7, 11) is 1.57. The summed E-state index contributed by atoms with van der Waals surface area (Å²) in [6.07, 6.45) is 7.09. The van der Waals surface area contributed by atoms with Crippen LogP contribution in [0.15, 0.2) is 36.5 Å². The van der Waals surface area contributed by atoms with Crippen LogP contribution in [0.25, 0.3) is 0 Å². The minimum Gasteiger partial charge on any atom is -0.495 e. The summed E-state index contributed by atoms with van der Waals surface area (Å²) in [4.78, 5) is 31.8. The van der Waals surface area contributed by atoms with Gasteiger partial charge in [0.1, 0.15) is 5.75 Å². The van der Waals surface area contributed by atoms with Gasteiger partial charge in [-0.1, -0.05) is 6.07 Å². The summed E-state index contributed by atoms with van der Waals surface area (Å²) in [6.45, 7) is 2.78. The van der Waals surface area contributed by atoms with Crippen LogP contribution in [0.1, 0.15) is 55.7 Å². The number of urea groups is 1. The highest BCUT2D eigenvalue weighted by molar-refractivity contribution is 6.00. The first-order valence-electron chi connectivity index (χ1n) is 12.1. The van der Waals surface area contributed by atoms with Gasteiger partial charge in [-0.25, -0.2) is 4.79 Å². The number of benzene rings is 1. The van der Waals surface area contributed by atoms with E-state index in [0.29, 0.717) is 23.0 Å². The topological polar surface area (TPSA) is 104 Å². The Morgan fingerprint density at radius 1 is 1.12 bits per heavy atom. The van der Waals surface area contributed by atoms with E-state index in [2.05, 4.69) is 15.6 Å². The molecule has 1 saturated carbocycles. The molecule has 4 rings (SSSR count). The summed E-state index contributed by atoms with van der Waals surface area (Å²) in [5.41, 5.74) is 3.23. The number of likely N-dealkylation sites (tertiary alicyclic amines) is 1. The minimum atomic E-state index is -0.361. The molecule has 34 heavy (non-hydrogen) atoms. The van der Waals surface area contributed by atoms with Crippen LogP contribution in [0, 0.1) is 12.8 Å². The third kappa shape index (κ3) is 5.50. The Kier molecular flexibility index (Phi) is 7.67. The van der Waals surface area contributed by atoms with Crippen LogP contribution < -0.4 is 15.4 Å². The van der Waals surface area contributed by atoms with Gasteiger partial charge in [0.15, 0.2) is 0 Å². The van der Waals surface area contributed by atoms with Crippen molar-refractivity contribution >= 4 is 23.3 Å². The largest absolute Gasteiger partial charge is 0.495 e. The minimum absolute atomic E-state index is 0.00358. The van der Waals surface area contributed by atoms with Gasteiger partial charge in [0, 0.05) is 24.1 Å². The maximum absolute atomic E-state index is 12.9. The summed E-state index contributed by atoms with van der Waals surface area (Å²) in [5.74, 6) is 1.17. The van der Waals surface area contributed by atoms with Crippen molar-refractivity contribution in [3.05, 3.63) is 47.8 Å². The van der Waals surface area contributed by atoms with Crippen molar-refractivity contribution in [3.63, 3.8) is 0 Å². The van der Waals surface area contributed by atoms with Crippen molar-refractivity contribution in [1.82, 2.24) is 9.88 Å². The zero-order chi connectivity index (χ0) is 24.1. The van der Waals surface area contributed by atoms with E-state index in [0.717, 1.165) is 56.3 Å². The molecule has 1 aliphatic heterocycles. The van der Waals surface area contributed by atoms with E-state index in [-0.39, 0.29) is 30.5 Å². The molecule has 182 valence electrons. The summed E-state index contributed by atoms with van der Waals surface area (Å²) < 4.78 is 5.31. The van der Waals surface area contributed by atoms with Crippen LogP contribution >= 0.6 is 0 Å². The maximum atomic E-state index is 12.9. The van der Waals surface area contributed by atoms with Gasteiger partial charge >= 0.3 is 6.03 Å². The van der Waals surface area contributed by atoms with Gasteiger partial charge in [-0.3, -0.25) is 9.78 Å². The van der Waals surface area contributed by atoms with Crippen LogP contribution in [0.5, 0.6) is 5.75 Å². The number of aliphatic hydroxyl groups is 1. The average molecular weight is 467 g/mol. The number of hydrogen-bond acceptors (Lipinski definition) is 5. The second-order valence-corrected chi connectivity index (χ2v) is 9.31. The standard InChI is InChI=1S/C26H34N4O4/c1-17-5-12-24(34-2)23(14-17)29-26(33)28-20-10-11-22(27-15-20)18-6-8-19(9-7-18)25(32)30-13-3-4-21(30)16-31/h5,10-12,14-15,18-19,21,31H,3-4,6-9,13,16H2,1-2H3,(H2,28,29,33). The smallest absolute Gasteiger partial charge is 0.323 e. The SMILES string of the molecule is COc1ccc(C)cc1NC(=O)Nc1ccc(C2CCC(C(=O)N3CCCC3CO)CC2)nc1. The molecule has 0 radical (unpaired) electrons. The number of carbonyl (C=O) groups is 2. The number of aryl methyl sites for hydroxylation is 1. The number of amides is 3. The first-order chi connectivity index (χ1) is 16.5. The molecule has 1 unspecified atom stereocenters. The lowest BCUT2D eigenvalue weighted by molar-refractivity contribution is -0.138. The highest BCUT2D eigenvalue weighted by Gasteiger charge is 2.35. The number of hydrogen-bond donors (Lipinski definition) is 3.